The van der Waals surface area contributed by atoms with E-state index in [1.165, 1.54) is 94.2 Å². The third-order valence-electron chi connectivity index (χ3n) is 14.7. The Labute approximate surface area is 422 Å². The lowest BCUT2D eigenvalue weighted by Crippen LogP contribution is -2.28. The van der Waals surface area contributed by atoms with E-state index in [0.717, 1.165) is 22.6 Å². The topological polar surface area (TPSA) is 3.24 Å². The van der Waals surface area contributed by atoms with E-state index in [2.05, 4.69) is 302 Å². The molecule has 338 valence electrons. The average molecular weight is 916 g/mol. The fourth-order valence-corrected chi connectivity index (χ4v) is 11.4. The second-order valence-electron chi connectivity index (χ2n) is 18.8. The molecule has 1 heteroatoms. The first-order chi connectivity index (χ1) is 35.7. The zero-order valence-corrected chi connectivity index (χ0v) is 39.7. The fraction of sp³-hybridized carbons (Fsp3) is 0.0141. The van der Waals surface area contributed by atoms with Gasteiger partial charge < -0.3 is 4.90 Å². The third kappa shape index (κ3) is 7.51. The largest absolute Gasteiger partial charge is 0.310 e. The Balaban J connectivity index is 0.901. The summed E-state index contributed by atoms with van der Waals surface area (Å²) in [4.78, 5) is 2.39. The highest BCUT2D eigenvalue weighted by atomic mass is 15.1. The van der Waals surface area contributed by atoms with Gasteiger partial charge in [-0.1, -0.05) is 243 Å². The van der Waals surface area contributed by atoms with E-state index in [4.69, 9.17) is 0 Å². The summed E-state index contributed by atoms with van der Waals surface area (Å²) in [6.45, 7) is 0. The molecule has 12 aromatic rings. The molecule has 0 amide bonds. The minimum absolute atomic E-state index is 0.462. The van der Waals surface area contributed by atoms with Gasteiger partial charge in [-0.3, -0.25) is 0 Å². The van der Waals surface area contributed by atoms with E-state index in [1.54, 1.807) is 0 Å². The Bertz CT molecular complexity index is 3850. The van der Waals surface area contributed by atoms with Crippen molar-refractivity contribution in [3.8, 4) is 66.8 Å². The molecular weight excluding hydrogens is 867 g/mol. The summed E-state index contributed by atoms with van der Waals surface area (Å²) in [5.74, 6) is 0. The number of anilines is 3. The molecule has 0 heterocycles. The molecule has 0 atom stereocenters. The van der Waals surface area contributed by atoms with Crippen LogP contribution in [0.5, 0.6) is 0 Å². The van der Waals surface area contributed by atoms with E-state index in [9.17, 15) is 0 Å². The monoisotopic (exact) mass is 915 g/mol. The molecule has 13 rings (SSSR count). The van der Waals surface area contributed by atoms with Crippen molar-refractivity contribution in [2.75, 3.05) is 4.90 Å². The first-order valence-corrected chi connectivity index (χ1v) is 24.9. The van der Waals surface area contributed by atoms with Crippen LogP contribution in [0, 0.1) is 0 Å². The Morgan fingerprint density at radius 3 is 1.31 bits per heavy atom. The third-order valence-corrected chi connectivity index (χ3v) is 14.7. The van der Waals surface area contributed by atoms with E-state index < -0.39 is 5.41 Å². The van der Waals surface area contributed by atoms with E-state index in [-0.39, 0.29) is 0 Å². The maximum Gasteiger partial charge on any atom is 0.0713 e. The Morgan fingerprint density at radius 2 is 0.639 bits per heavy atom. The molecule has 0 unspecified atom stereocenters. The van der Waals surface area contributed by atoms with Crippen molar-refractivity contribution in [2.45, 2.75) is 5.41 Å². The molecule has 1 aliphatic carbocycles. The lowest BCUT2D eigenvalue weighted by molar-refractivity contribution is 0.769. The average Bonchev–Trinajstić information content (AvgIpc) is 3.77. The molecule has 0 N–H and O–H groups in total. The molecule has 0 aromatic heterocycles. The molecule has 1 nitrogen and oxygen atoms in total. The van der Waals surface area contributed by atoms with Gasteiger partial charge in [0.25, 0.3) is 0 Å². The molecule has 0 spiro atoms. The molecule has 0 saturated carbocycles. The van der Waals surface area contributed by atoms with Crippen LogP contribution in [0.4, 0.5) is 17.1 Å². The number of nitrogens with zero attached hydrogens (tertiary/aromatic N) is 1. The number of hydrogen-bond donors (Lipinski definition) is 0. The van der Waals surface area contributed by atoms with Gasteiger partial charge in [0.1, 0.15) is 0 Å². The maximum absolute atomic E-state index is 2.45. The van der Waals surface area contributed by atoms with Gasteiger partial charge in [-0.2, -0.15) is 0 Å². The van der Waals surface area contributed by atoms with Crippen LogP contribution < -0.4 is 4.90 Å². The van der Waals surface area contributed by atoms with Gasteiger partial charge in [-0.15, -0.1) is 0 Å². The summed E-state index contributed by atoms with van der Waals surface area (Å²) in [5.41, 5.74) is 22.4. The summed E-state index contributed by atoms with van der Waals surface area (Å²) in [7, 11) is 0. The Kier molecular flexibility index (Phi) is 10.8. The molecular formula is C71H49N. The SMILES string of the molecule is c1ccc(-c2cccc(-c3cccc(N(c4ccc(-c5cccc(-c6cccc7ccccc67)c5)cc4)c4ccc(-c5ccc6c(c5)C(c5ccccc5)(c5ccccc5)c5ccccc5-6)cc4)c3)c2)cc1. The summed E-state index contributed by atoms with van der Waals surface area (Å²) in [6.07, 6.45) is 0. The first kappa shape index (κ1) is 42.8. The number of rotatable bonds is 10. The van der Waals surface area contributed by atoms with Crippen LogP contribution in [-0.2, 0) is 5.41 Å². The lowest BCUT2D eigenvalue weighted by Gasteiger charge is -2.34. The van der Waals surface area contributed by atoms with Crippen molar-refractivity contribution in [2.24, 2.45) is 0 Å². The van der Waals surface area contributed by atoms with Crippen LogP contribution in [0.3, 0.4) is 0 Å². The van der Waals surface area contributed by atoms with Crippen LogP contribution in [0.1, 0.15) is 22.3 Å². The molecule has 0 fully saturated rings. The van der Waals surface area contributed by atoms with Gasteiger partial charge in [-0.05, 0) is 154 Å². The molecule has 1 aliphatic rings. The zero-order chi connectivity index (χ0) is 47.8. The van der Waals surface area contributed by atoms with E-state index in [0.29, 0.717) is 0 Å². The number of hydrogen-bond acceptors (Lipinski definition) is 1. The second-order valence-corrected chi connectivity index (χ2v) is 18.8. The van der Waals surface area contributed by atoms with Crippen molar-refractivity contribution in [3.63, 3.8) is 0 Å². The fourth-order valence-electron chi connectivity index (χ4n) is 11.4. The van der Waals surface area contributed by atoms with Gasteiger partial charge in [0.05, 0.1) is 5.41 Å². The Hall–Kier alpha value is -9.30. The molecule has 0 bridgehead atoms. The first-order valence-electron chi connectivity index (χ1n) is 24.9. The highest BCUT2D eigenvalue weighted by Gasteiger charge is 2.46. The standard InChI is InChI=1S/C71H49N/c1-4-18-50(19-5-1)54-22-14-24-56(46-54)57-25-16-31-64(48-57)72(62-41-36-51(37-42-62)55-23-15-26-59(47-55)66-34-17-21-53-20-10-11-32-65(53)66)63-43-38-52(39-44-63)58-40-45-68-67-33-12-13-35-69(67)71(70(68)49-58,60-27-6-2-7-28-60)61-29-8-3-9-30-61/h1-49H. The van der Waals surface area contributed by atoms with Crippen LogP contribution in [0.15, 0.2) is 297 Å². The smallest absolute Gasteiger partial charge is 0.0713 e. The van der Waals surface area contributed by atoms with Crippen LogP contribution >= 0.6 is 0 Å². The van der Waals surface area contributed by atoms with Gasteiger partial charge in [0.2, 0.25) is 0 Å². The van der Waals surface area contributed by atoms with Gasteiger partial charge in [0.15, 0.2) is 0 Å². The van der Waals surface area contributed by atoms with Gasteiger partial charge in [0, 0.05) is 17.1 Å². The minimum atomic E-state index is -0.462. The molecule has 0 saturated heterocycles. The normalized spacial score (nSPS) is 12.3. The van der Waals surface area contributed by atoms with Crippen LogP contribution in [0.25, 0.3) is 77.5 Å². The summed E-state index contributed by atoms with van der Waals surface area (Å²) in [6, 6.07) is 109. The van der Waals surface area contributed by atoms with E-state index >= 15 is 0 Å². The summed E-state index contributed by atoms with van der Waals surface area (Å²) in [5, 5.41) is 2.51. The highest BCUT2D eigenvalue weighted by molar-refractivity contribution is 5.97. The quantitative estimate of drug-likeness (QED) is 0.132. The second kappa shape index (κ2) is 18.2. The summed E-state index contributed by atoms with van der Waals surface area (Å²) >= 11 is 0. The van der Waals surface area contributed by atoms with E-state index in [1.807, 2.05) is 0 Å². The zero-order valence-electron chi connectivity index (χ0n) is 39.7. The number of benzene rings is 12. The minimum Gasteiger partial charge on any atom is -0.310 e. The highest BCUT2D eigenvalue weighted by Crippen LogP contribution is 2.57. The molecule has 72 heavy (non-hydrogen) atoms. The van der Waals surface area contributed by atoms with Crippen LogP contribution in [-0.4, -0.2) is 0 Å². The van der Waals surface area contributed by atoms with Crippen molar-refractivity contribution in [1.82, 2.24) is 0 Å². The molecule has 0 radical (unpaired) electrons. The lowest BCUT2D eigenvalue weighted by atomic mass is 9.67. The predicted molar refractivity (Wildman–Crippen MR) is 303 cm³/mol. The number of fused-ring (bicyclic) bond motifs is 4. The van der Waals surface area contributed by atoms with Crippen molar-refractivity contribution in [1.29, 1.82) is 0 Å². The van der Waals surface area contributed by atoms with Gasteiger partial charge in [-0.25, -0.2) is 0 Å². The maximum atomic E-state index is 2.45. The Morgan fingerprint density at radius 1 is 0.222 bits per heavy atom. The van der Waals surface area contributed by atoms with Crippen molar-refractivity contribution in [3.05, 3.63) is 320 Å². The molecule has 0 aliphatic heterocycles. The summed E-state index contributed by atoms with van der Waals surface area (Å²) < 4.78 is 0. The van der Waals surface area contributed by atoms with Crippen molar-refractivity contribution < 1.29 is 0 Å². The predicted octanol–water partition coefficient (Wildman–Crippen LogP) is 19.0. The van der Waals surface area contributed by atoms with Crippen LogP contribution in [0.2, 0.25) is 0 Å². The van der Waals surface area contributed by atoms with Gasteiger partial charge >= 0.3 is 0 Å². The van der Waals surface area contributed by atoms with Crippen molar-refractivity contribution >= 4 is 27.8 Å². The molecule has 12 aromatic carbocycles.